The Morgan fingerprint density at radius 2 is 2.00 bits per heavy atom. The average Bonchev–Trinajstić information content (AvgIpc) is 2.78. The van der Waals surface area contributed by atoms with Crippen molar-refractivity contribution in [3.8, 4) is 0 Å². The molecule has 0 aliphatic carbocycles. The number of piperazine rings is 1. The van der Waals surface area contributed by atoms with Gasteiger partial charge in [0, 0.05) is 31.6 Å². The van der Waals surface area contributed by atoms with Crippen LogP contribution in [-0.2, 0) is 13.2 Å². The largest absolute Gasteiger partial charge is 0.390 e. The molecule has 16 heavy (non-hydrogen) atoms. The lowest BCUT2D eigenvalue weighted by molar-refractivity contribution is 0.131. The van der Waals surface area contributed by atoms with E-state index in [1.165, 1.54) is 0 Å². The van der Waals surface area contributed by atoms with Crippen LogP contribution < -0.4 is 0 Å². The summed E-state index contributed by atoms with van der Waals surface area (Å²) in [4.78, 5) is 9.28. The van der Waals surface area contributed by atoms with Crippen molar-refractivity contribution in [2.45, 2.75) is 20.1 Å². The summed E-state index contributed by atoms with van der Waals surface area (Å²) in [6.07, 6.45) is 0. The molecule has 0 bridgehead atoms. The van der Waals surface area contributed by atoms with Crippen molar-refractivity contribution in [3.05, 3.63) is 16.1 Å². The number of nitrogens with zero attached hydrogens (tertiary/aromatic N) is 3. The van der Waals surface area contributed by atoms with Crippen molar-refractivity contribution in [2.75, 3.05) is 32.7 Å². The zero-order chi connectivity index (χ0) is 11.4. The molecule has 1 aromatic rings. The maximum Gasteiger partial charge on any atom is 0.107 e. The van der Waals surface area contributed by atoms with E-state index in [1.807, 2.05) is 5.38 Å². The molecule has 0 unspecified atom stereocenters. The van der Waals surface area contributed by atoms with Gasteiger partial charge in [0.1, 0.15) is 5.01 Å². The molecular weight excluding hydrogens is 222 g/mol. The normalized spacial score (nSPS) is 19.1. The second kappa shape index (κ2) is 5.72. The SMILES string of the molecule is CCN1CCN(Cc2nc(CO)cs2)CC1. The first-order chi connectivity index (χ1) is 7.81. The fourth-order valence-corrected chi connectivity index (χ4v) is 2.78. The van der Waals surface area contributed by atoms with Crippen LogP contribution >= 0.6 is 11.3 Å². The van der Waals surface area contributed by atoms with Crippen LogP contribution in [0.25, 0.3) is 0 Å². The number of aromatic nitrogens is 1. The van der Waals surface area contributed by atoms with Gasteiger partial charge in [-0.3, -0.25) is 4.90 Å². The lowest BCUT2D eigenvalue weighted by Crippen LogP contribution is -2.45. The zero-order valence-corrected chi connectivity index (χ0v) is 10.5. The Hall–Kier alpha value is -0.490. The highest BCUT2D eigenvalue weighted by atomic mass is 32.1. The van der Waals surface area contributed by atoms with Gasteiger partial charge in [-0.15, -0.1) is 11.3 Å². The van der Waals surface area contributed by atoms with Crippen LogP contribution in [0.5, 0.6) is 0 Å². The molecule has 1 aromatic heterocycles. The number of hydrogen-bond donors (Lipinski definition) is 1. The third-order valence-electron chi connectivity index (χ3n) is 3.03. The fraction of sp³-hybridized carbons (Fsp3) is 0.727. The van der Waals surface area contributed by atoms with Gasteiger partial charge in [0.25, 0.3) is 0 Å². The minimum atomic E-state index is 0.0557. The van der Waals surface area contributed by atoms with Crippen molar-refractivity contribution < 1.29 is 5.11 Å². The Balaban J connectivity index is 1.82. The summed E-state index contributed by atoms with van der Waals surface area (Å²) in [6, 6.07) is 0. The minimum absolute atomic E-state index is 0.0557. The van der Waals surface area contributed by atoms with Gasteiger partial charge in [-0.1, -0.05) is 6.92 Å². The lowest BCUT2D eigenvalue weighted by Gasteiger charge is -2.33. The summed E-state index contributed by atoms with van der Waals surface area (Å²) in [5, 5.41) is 12.0. The summed E-state index contributed by atoms with van der Waals surface area (Å²) in [7, 11) is 0. The Morgan fingerprint density at radius 1 is 1.31 bits per heavy atom. The maximum absolute atomic E-state index is 8.95. The molecule has 2 rings (SSSR count). The molecule has 4 nitrogen and oxygen atoms in total. The van der Waals surface area contributed by atoms with Crippen molar-refractivity contribution in [1.29, 1.82) is 0 Å². The molecule has 0 saturated carbocycles. The van der Waals surface area contributed by atoms with Crippen LogP contribution in [0.4, 0.5) is 0 Å². The number of aliphatic hydroxyl groups is 1. The predicted octanol–water partition coefficient (Wildman–Crippen LogP) is 0.773. The van der Waals surface area contributed by atoms with Crippen molar-refractivity contribution in [1.82, 2.24) is 14.8 Å². The van der Waals surface area contributed by atoms with Crippen molar-refractivity contribution in [2.24, 2.45) is 0 Å². The van der Waals surface area contributed by atoms with Gasteiger partial charge in [0.2, 0.25) is 0 Å². The average molecular weight is 241 g/mol. The minimum Gasteiger partial charge on any atom is -0.390 e. The van der Waals surface area contributed by atoms with Crippen LogP contribution in [0.15, 0.2) is 5.38 Å². The molecule has 0 radical (unpaired) electrons. The van der Waals surface area contributed by atoms with Gasteiger partial charge in [-0.25, -0.2) is 4.98 Å². The fourth-order valence-electron chi connectivity index (χ4n) is 1.95. The Morgan fingerprint density at radius 3 is 2.56 bits per heavy atom. The van der Waals surface area contributed by atoms with Gasteiger partial charge < -0.3 is 10.0 Å². The standard InChI is InChI=1S/C11H19N3OS/c1-2-13-3-5-14(6-4-13)7-11-12-10(8-15)9-16-11/h9,15H,2-8H2,1H3. The molecule has 1 aliphatic heterocycles. The summed E-state index contributed by atoms with van der Waals surface area (Å²) >= 11 is 1.65. The van der Waals surface area contributed by atoms with E-state index in [0.29, 0.717) is 0 Å². The van der Waals surface area contributed by atoms with Crippen molar-refractivity contribution in [3.63, 3.8) is 0 Å². The predicted molar refractivity (Wildman–Crippen MR) is 65.4 cm³/mol. The highest BCUT2D eigenvalue weighted by Crippen LogP contribution is 2.13. The Labute approximate surface area is 101 Å². The first-order valence-corrected chi connectivity index (χ1v) is 6.68. The molecule has 90 valence electrons. The summed E-state index contributed by atoms with van der Waals surface area (Å²) in [5.74, 6) is 0. The summed E-state index contributed by atoms with van der Waals surface area (Å²) < 4.78 is 0. The van der Waals surface area contributed by atoms with Gasteiger partial charge in [-0.05, 0) is 6.54 Å². The second-order valence-corrected chi connectivity index (χ2v) is 5.04. The number of aliphatic hydroxyl groups excluding tert-OH is 1. The Kier molecular flexibility index (Phi) is 4.29. The molecule has 1 aliphatic rings. The molecule has 0 atom stereocenters. The third kappa shape index (κ3) is 3.01. The van der Waals surface area contributed by atoms with Crippen LogP contribution in [0.2, 0.25) is 0 Å². The van der Waals surface area contributed by atoms with E-state index in [2.05, 4.69) is 21.7 Å². The van der Waals surface area contributed by atoms with Crippen LogP contribution in [0.1, 0.15) is 17.6 Å². The zero-order valence-electron chi connectivity index (χ0n) is 9.72. The topological polar surface area (TPSA) is 39.6 Å². The molecule has 1 fully saturated rings. The lowest BCUT2D eigenvalue weighted by atomic mass is 10.3. The molecule has 1 saturated heterocycles. The van der Waals surface area contributed by atoms with E-state index in [9.17, 15) is 0 Å². The smallest absolute Gasteiger partial charge is 0.107 e. The van der Waals surface area contributed by atoms with Gasteiger partial charge in [0.15, 0.2) is 0 Å². The molecule has 1 N–H and O–H groups in total. The monoisotopic (exact) mass is 241 g/mol. The van der Waals surface area contributed by atoms with E-state index >= 15 is 0 Å². The number of likely N-dealkylation sites (N-methyl/N-ethyl adjacent to an activating group) is 1. The van der Waals surface area contributed by atoms with Gasteiger partial charge in [0.05, 0.1) is 18.8 Å². The molecular formula is C11H19N3OS. The van der Waals surface area contributed by atoms with Crippen LogP contribution in [0, 0.1) is 0 Å². The molecule has 2 heterocycles. The highest BCUT2D eigenvalue weighted by Gasteiger charge is 2.16. The number of hydrogen-bond acceptors (Lipinski definition) is 5. The van der Waals surface area contributed by atoms with E-state index in [1.54, 1.807) is 11.3 Å². The number of rotatable bonds is 4. The van der Waals surface area contributed by atoms with E-state index in [0.717, 1.165) is 50.0 Å². The molecule has 5 heteroatoms. The van der Waals surface area contributed by atoms with Gasteiger partial charge in [-0.2, -0.15) is 0 Å². The maximum atomic E-state index is 8.95. The molecule has 0 spiro atoms. The summed E-state index contributed by atoms with van der Waals surface area (Å²) in [6.45, 7) is 8.93. The Bertz CT molecular complexity index is 321. The third-order valence-corrected chi connectivity index (χ3v) is 3.91. The van der Waals surface area contributed by atoms with E-state index in [4.69, 9.17) is 5.11 Å². The van der Waals surface area contributed by atoms with Crippen LogP contribution in [-0.4, -0.2) is 52.6 Å². The molecule has 0 amide bonds. The summed E-state index contributed by atoms with van der Waals surface area (Å²) in [5.41, 5.74) is 0.798. The van der Waals surface area contributed by atoms with Crippen LogP contribution in [0.3, 0.4) is 0 Å². The highest BCUT2D eigenvalue weighted by molar-refractivity contribution is 7.09. The first kappa shape index (κ1) is 12.0. The second-order valence-electron chi connectivity index (χ2n) is 4.10. The van der Waals surface area contributed by atoms with Crippen molar-refractivity contribution >= 4 is 11.3 Å². The molecule has 0 aromatic carbocycles. The van der Waals surface area contributed by atoms with E-state index < -0.39 is 0 Å². The van der Waals surface area contributed by atoms with E-state index in [-0.39, 0.29) is 6.61 Å². The number of thiazole rings is 1. The van der Waals surface area contributed by atoms with Gasteiger partial charge >= 0.3 is 0 Å². The first-order valence-electron chi connectivity index (χ1n) is 5.80. The quantitative estimate of drug-likeness (QED) is 0.845.